The van der Waals surface area contributed by atoms with Crippen LogP contribution in [0.2, 0.25) is 0 Å². The zero-order chi connectivity index (χ0) is 24.7. The Balaban J connectivity index is 1.39. The smallest absolute Gasteiger partial charge is 0.399 e. The van der Waals surface area contributed by atoms with Crippen molar-refractivity contribution in [3.8, 4) is 0 Å². The first-order valence-electron chi connectivity index (χ1n) is 11.7. The molecule has 1 N–H and O–H groups in total. The SMILES string of the molecule is CC1(C)OB(c2ccc3cnc(NC(=O)C4CCN(CCC(F)(F)F)CC4)cc3c2)OC1(C)C. The van der Waals surface area contributed by atoms with Crippen LogP contribution in [0.25, 0.3) is 10.8 Å². The quantitative estimate of drug-likeness (QED) is 0.657. The summed E-state index contributed by atoms with van der Waals surface area (Å²) in [4.78, 5) is 18.9. The lowest BCUT2D eigenvalue weighted by atomic mass is 9.78. The van der Waals surface area contributed by atoms with Crippen molar-refractivity contribution in [1.82, 2.24) is 9.88 Å². The zero-order valence-electron chi connectivity index (χ0n) is 20.0. The summed E-state index contributed by atoms with van der Waals surface area (Å²) in [6.07, 6.45) is -2.21. The fourth-order valence-corrected chi connectivity index (χ4v) is 4.29. The van der Waals surface area contributed by atoms with E-state index in [1.807, 2.05) is 52.0 Å². The van der Waals surface area contributed by atoms with E-state index in [0.717, 1.165) is 16.2 Å². The summed E-state index contributed by atoms with van der Waals surface area (Å²) in [5.74, 6) is 0.0585. The van der Waals surface area contributed by atoms with Crippen molar-refractivity contribution in [1.29, 1.82) is 0 Å². The summed E-state index contributed by atoms with van der Waals surface area (Å²) in [7, 11) is -0.483. The molecule has 0 radical (unpaired) electrons. The van der Waals surface area contributed by atoms with Crippen molar-refractivity contribution in [2.24, 2.45) is 5.92 Å². The second-order valence-electron chi connectivity index (χ2n) is 10.2. The molecular formula is C24H31BF3N3O3. The number of amides is 1. The number of aromatic nitrogens is 1. The van der Waals surface area contributed by atoms with Crippen molar-refractivity contribution in [3.63, 3.8) is 0 Å². The predicted octanol–water partition coefficient (Wildman–Crippen LogP) is 4.14. The van der Waals surface area contributed by atoms with E-state index in [9.17, 15) is 18.0 Å². The molecule has 0 bridgehead atoms. The minimum Gasteiger partial charge on any atom is -0.399 e. The number of carbonyl (C=O) groups is 1. The molecule has 34 heavy (non-hydrogen) atoms. The monoisotopic (exact) mass is 477 g/mol. The van der Waals surface area contributed by atoms with E-state index in [1.54, 1.807) is 11.1 Å². The third-order valence-electron chi connectivity index (χ3n) is 7.19. The Kier molecular flexibility index (Phi) is 6.70. The molecule has 184 valence electrons. The number of alkyl halides is 3. The van der Waals surface area contributed by atoms with Gasteiger partial charge in [0.1, 0.15) is 5.82 Å². The topological polar surface area (TPSA) is 63.7 Å². The summed E-state index contributed by atoms with van der Waals surface area (Å²) in [5, 5.41) is 4.71. The van der Waals surface area contributed by atoms with Gasteiger partial charge in [0.25, 0.3) is 0 Å². The number of halogens is 3. The van der Waals surface area contributed by atoms with Gasteiger partial charge in [-0.1, -0.05) is 18.2 Å². The van der Waals surface area contributed by atoms with Crippen LogP contribution >= 0.6 is 0 Å². The van der Waals surface area contributed by atoms with E-state index in [-0.39, 0.29) is 18.4 Å². The molecule has 2 aliphatic heterocycles. The van der Waals surface area contributed by atoms with E-state index < -0.39 is 30.9 Å². The highest BCUT2D eigenvalue weighted by Crippen LogP contribution is 2.36. The molecule has 4 rings (SSSR count). The molecule has 2 saturated heterocycles. The lowest BCUT2D eigenvalue weighted by molar-refractivity contribution is -0.139. The van der Waals surface area contributed by atoms with Crippen LogP contribution in [0.1, 0.15) is 47.0 Å². The first kappa shape index (κ1) is 24.9. The van der Waals surface area contributed by atoms with Crippen molar-refractivity contribution < 1.29 is 27.3 Å². The highest BCUT2D eigenvalue weighted by Gasteiger charge is 2.51. The maximum absolute atomic E-state index is 12.8. The number of hydrogen-bond donors (Lipinski definition) is 1. The molecule has 2 aromatic rings. The summed E-state index contributed by atoms with van der Waals surface area (Å²) in [5.41, 5.74) is 0.0133. The Hall–Kier alpha value is -2.17. The third kappa shape index (κ3) is 5.55. The van der Waals surface area contributed by atoms with Crippen molar-refractivity contribution >= 4 is 35.1 Å². The molecule has 10 heteroatoms. The number of nitrogens with zero attached hydrogens (tertiary/aromatic N) is 2. The van der Waals surface area contributed by atoms with Crippen molar-refractivity contribution in [3.05, 3.63) is 30.5 Å². The van der Waals surface area contributed by atoms with Gasteiger partial charge in [-0.2, -0.15) is 13.2 Å². The maximum atomic E-state index is 12.8. The standard InChI is InChI=1S/C24H31BF3N3O3/c1-22(2)23(3,4)34-25(33-22)19-6-5-17-15-29-20(14-18(17)13-19)30-21(32)16-7-10-31(11-8-16)12-9-24(26,27)28/h5-6,13-16H,7-12H2,1-4H3,(H,29,30,32). The number of nitrogens with one attached hydrogen (secondary N) is 1. The molecule has 2 aliphatic rings. The van der Waals surface area contributed by atoms with Gasteiger partial charge in [0, 0.05) is 24.0 Å². The fraction of sp³-hybridized carbons (Fsp3) is 0.583. The highest BCUT2D eigenvalue weighted by atomic mass is 19.4. The second-order valence-corrected chi connectivity index (χ2v) is 10.2. The van der Waals surface area contributed by atoms with Crippen LogP contribution in [-0.4, -0.2) is 59.9 Å². The van der Waals surface area contributed by atoms with E-state index in [1.165, 1.54) is 0 Å². The Labute approximate surface area is 198 Å². The van der Waals surface area contributed by atoms with Gasteiger partial charge in [-0.3, -0.25) is 4.79 Å². The van der Waals surface area contributed by atoms with E-state index in [0.29, 0.717) is 31.7 Å². The molecule has 0 aliphatic carbocycles. The van der Waals surface area contributed by atoms with Gasteiger partial charge in [0.15, 0.2) is 0 Å². The van der Waals surface area contributed by atoms with Crippen LogP contribution in [0.3, 0.4) is 0 Å². The summed E-state index contributed by atoms with van der Waals surface area (Å²) < 4.78 is 49.6. The lowest BCUT2D eigenvalue weighted by Crippen LogP contribution is -2.41. The number of rotatable bonds is 5. The molecular weight excluding hydrogens is 446 g/mol. The van der Waals surface area contributed by atoms with Crippen LogP contribution in [-0.2, 0) is 14.1 Å². The van der Waals surface area contributed by atoms with Gasteiger partial charge in [-0.05, 0) is 70.5 Å². The van der Waals surface area contributed by atoms with E-state index >= 15 is 0 Å². The predicted molar refractivity (Wildman–Crippen MR) is 126 cm³/mol. The van der Waals surface area contributed by atoms with Crippen LogP contribution in [0.5, 0.6) is 0 Å². The molecule has 0 atom stereocenters. The number of anilines is 1. The molecule has 0 unspecified atom stereocenters. The number of piperidine rings is 1. The van der Waals surface area contributed by atoms with Crippen LogP contribution in [0, 0.1) is 5.92 Å². The molecule has 1 amide bonds. The largest absolute Gasteiger partial charge is 0.494 e. The number of carbonyl (C=O) groups excluding carboxylic acids is 1. The average Bonchev–Trinajstić information content (AvgIpc) is 2.98. The van der Waals surface area contributed by atoms with Gasteiger partial charge >= 0.3 is 13.3 Å². The lowest BCUT2D eigenvalue weighted by Gasteiger charge is -2.32. The number of likely N-dealkylation sites (tertiary alicyclic amines) is 1. The van der Waals surface area contributed by atoms with Gasteiger partial charge in [0.2, 0.25) is 5.91 Å². The Morgan fingerprint density at radius 1 is 1.12 bits per heavy atom. The maximum Gasteiger partial charge on any atom is 0.494 e. The van der Waals surface area contributed by atoms with E-state index in [2.05, 4.69) is 10.3 Å². The Bertz CT molecular complexity index is 1040. The number of benzene rings is 1. The first-order valence-corrected chi connectivity index (χ1v) is 11.7. The number of pyridine rings is 1. The molecule has 3 heterocycles. The first-order chi connectivity index (χ1) is 15.8. The minimum absolute atomic E-state index is 0.0187. The second kappa shape index (κ2) is 9.13. The van der Waals surface area contributed by atoms with Crippen molar-refractivity contribution in [2.75, 3.05) is 25.0 Å². The zero-order valence-corrected chi connectivity index (χ0v) is 20.0. The summed E-state index contributed by atoms with van der Waals surface area (Å²) >= 11 is 0. The molecule has 0 spiro atoms. The normalized spacial score (nSPS) is 21.2. The van der Waals surface area contributed by atoms with E-state index in [4.69, 9.17) is 9.31 Å². The van der Waals surface area contributed by atoms with Crippen LogP contribution < -0.4 is 10.8 Å². The number of fused-ring (bicyclic) bond motifs is 1. The fourth-order valence-electron chi connectivity index (χ4n) is 4.29. The summed E-state index contributed by atoms with van der Waals surface area (Å²) in [6, 6.07) is 7.70. The van der Waals surface area contributed by atoms with Crippen LogP contribution in [0.4, 0.5) is 19.0 Å². The molecule has 2 fully saturated rings. The van der Waals surface area contributed by atoms with Gasteiger partial charge in [-0.15, -0.1) is 0 Å². The third-order valence-corrected chi connectivity index (χ3v) is 7.19. The number of hydrogen-bond acceptors (Lipinski definition) is 5. The van der Waals surface area contributed by atoms with Gasteiger partial charge < -0.3 is 19.5 Å². The molecule has 6 nitrogen and oxygen atoms in total. The molecule has 0 saturated carbocycles. The molecule has 1 aromatic heterocycles. The highest BCUT2D eigenvalue weighted by molar-refractivity contribution is 6.62. The summed E-state index contributed by atoms with van der Waals surface area (Å²) in [6.45, 7) is 8.97. The van der Waals surface area contributed by atoms with Gasteiger partial charge in [0.05, 0.1) is 17.6 Å². The molecule has 1 aromatic carbocycles. The Morgan fingerprint density at radius 2 is 1.76 bits per heavy atom. The minimum atomic E-state index is -4.15. The van der Waals surface area contributed by atoms with Gasteiger partial charge in [-0.25, -0.2) is 4.98 Å². The average molecular weight is 477 g/mol. The Morgan fingerprint density at radius 3 is 2.38 bits per heavy atom. The van der Waals surface area contributed by atoms with Crippen LogP contribution in [0.15, 0.2) is 30.5 Å². The van der Waals surface area contributed by atoms with Crippen molar-refractivity contribution in [2.45, 2.75) is 64.3 Å².